The largest absolute Gasteiger partial charge is 0.497 e. The molecular formula is C25H19ClN4O2S. The summed E-state index contributed by atoms with van der Waals surface area (Å²) in [6.07, 6.45) is 3.32. The van der Waals surface area contributed by atoms with Crippen LogP contribution in [0.1, 0.15) is 27.3 Å². The summed E-state index contributed by atoms with van der Waals surface area (Å²) < 4.78 is 7.58. The molecule has 0 amide bonds. The van der Waals surface area contributed by atoms with Gasteiger partial charge in [0.15, 0.2) is 10.8 Å². The first-order valence-electron chi connectivity index (χ1n) is 10.2. The normalized spacial score (nSPS) is 11.1. The first-order chi connectivity index (χ1) is 16.0. The van der Waals surface area contributed by atoms with E-state index in [4.69, 9.17) is 16.3 Å². The molecule has 0 aliphatic rings. The minimum Gasteiger partial charge on any atom is -0.497 e. The maximum Gasteiger partial charge on any atom is 0.214 e. The molecule has 33 heavy (non-hydrogen) atoms. The number of ketones is 1. The zero-order valence-corrected chi connectivity index (χ0v) is 19.5. The van der Waals surface area contributed by atoms with Gasteiger partial charge in [0.05, 0.1) is 12.7 Å². The smallest absolute Gasteiger partial charge is 0.214 e. The lowest BCUT2D eigenvalue weighted by Crippen LogP contribution is -2.06. The predicted octanol–water partition coefficient (Wildman–Crippen LogP) is 5.80. The Bertz CT molecular complexity index is 1460. The highest BCUT2D eigenvalue weighted by Crippen LogP contribution is 2.32. The molecule has 0 aliphatic heterocycles. The van der Waals surface area contributed by atoms with Crippen LogP contribution in [-0.2, 0) is 6.54 Å². The Morgan fingerprint density at radius 3 is 2.61 bits per heavy atom. The number of fused-ring (bicyclic) bond motifs is 1. The van der Waals surface area contributed by atoms with Crippen LogP contribution in [0.15, 0.2) is 66.3 Å². The average molecular weight is 475 g/mol. The predicted molar refractivity (Wildman–Crippen MR) is 130 cm³/mol. The Hall–Kier alpha value is -3.55. The molecule has 0 spiro atoms. The maximum absolute atomic E-state index is 13.7. The first-order valence-corrected chi connectivity index (χ1v) is 11.5. The van der Waals surface area contributed by atoms with Gasteiger partial charge in [-0.1, -0.05) is 23.7 Å². The third kappa shape index (κ3) is 4.01. The van der Waals surface area contributed by atoms with E-state index in [0.29, 0.717) is 39.4 Å². The molecule has 164 valence electrons. The highest BCUT2D eigenvalue weighted by atomic mass is 35.5. The van der Waals surface area contributed by atoms with Crippen molar-refractivity contribution in [1.29, 1.82) is 0 Å². The molecule has 3 heterocycles. The Morgan fingerprint density at radius 2 is 1.88 bits per heavy atom. The second kappa shape index (κ2) is 8.77. The molecule has 0 bridgehead atoms. The van der Waals surface area contributed by atoms with Gasteiger partial charge in [-0.25, -0.2) is 15.0 Å². The fourth-order valence-electron chi connectivity index (χ4n) is 3.87. The van der Waals surface area contributed by atoms with Gasteiger partial charge in [0, 0.05) is 45.9 Å². The number of halogens is 1. The van der Waals surface area contributed by atoms with Crippen LogP contribution in [0.4, 0.5) is 0 Å². The highest BCUT2D eigenvalue weighted by Gasteiger charge is 2.24. The van der Waals surface area contributed by atoms with E-state index in [0.717, 1.165) is 22.2 Å². The molecule has 0 fully saturated rings. The van der Waals surface area contributed by atoms with Crippen molar-refractivity contribution in [3.8, 4) is 16.6 Å². The highest BCUT2D eigenvalue weighted by molar-refractivity contribution is 7.13. The standard InChI is InChI=1S/C25H19ClN4O2S/c1-15-22(23(31)20-14-33-25(29-20)24-27-10-3-11-28-24)19-12-18(32-2)8-9-21(19)30(15)13-16-4-6-17(26)7-5-16/h3-12,14H,13H2,1-2H3. The molecule has 5 rings (SSSR count). The van der Waals surface area contributed by atoms with Crippen LogP contribution in [0.2, 0.25) is 5.02 Å². The average Bonchev–Trinajstić information content (AvgIpc) is 3.44. The molecule has 3 aromatic heterocycles. The Balaban J connectivity index is 1.61. The summed E-state index contributed by atoms with van der Waals surface area (Å²) in [5.41, 5.74) is 3.89. The zero-order valence-electron chi connectivity index (χ0n) is 17.9. The molecule has 0 saturated heterocycles. The Kier molecular flexibility index (Phi) is 5.66. The van der Waals surface area contributed by atoms with Gasteiger partial charge in [-0.15, -0.1) is 11.3 Å². The van der Waals surface area contributed by atoms with E-state index in [1.807, 2.05) is 49.4 Å². The quantitative estimate of drug-likeness (QED) is 0.291. The molecule has 0 radical (unpaired) electrons. The zero-order chi connectivity index (χ0) is 22.9. The van der Waals surface area contributed by atoms with Gasteiger partial charge in [0.1, 0.15) is 11.4 Å². The van der Waals surface area contributed by atoms with E-state index in [1.165, 1.54) is 11.3 Å². The van der Waals surface area contributed by atoms with Crippen molar-refractivity contribution in [2.45, 2.75) is 13.5 Å². The van der Waals surface area contributed by atoms with Crippen LogP contribution in [0.25, 0.3) is 21.7 Å². The minimum atomic E-state index is -0.140. The molecule has 0 unspecified atom stereocenters. The number of rotatable bonds is 6. The van der Waals surface area contributed by atoms with E-state index in [9.17, 15) is 4.79 Å². The number of thiazole rings is 1. The van der Waals surface area contributed by atoms with Crippen molar-refractivity contribution in [2.24, 2.45) is 0 Å². The lowest BCUT2D eigenvalue weighted by atomic mass is 10.0. The van der Waals surface area contributed by atoms with Crippen LogP contribution in [0.3, 0.4) is 0 Å². The van der Waals surface area contributed by atoms with Crippen molar-refractivity contribution < 1.29 is 9.53 Å². The topological polar surface area (TPSA) is 69.9 Å². The van der Waals surface area contributed by atoms with E-state index < -0.39 is 0 Å². The molecule has 0 atom stereocenters. The number of carbonyl (C=O) groups is 1. The Morgan fingerprint density at radius 1 is 1.12 bits per heavy atom. The SMILES string of the molecule is COc1ccc2c(c1)c(C(=O)c1csc(-c3ncccn3)n1)c(C)n2Cc1ccc(Cl)cc1. The third-order valence-electron chi connectivity index (χ3n) is 5.51. The van der Waals surface area contributed by atoms with E-state index in [-0.39, 0.29) is 5.78 Å². The molecule has 8 heteroatoms. The van der Waals surface area contributed by atoms with Gasteiger partial charge in [0.2, 0.25) is 5.78 Å². The van der Waals surface area contributed by atoms with Crippen molar-refractivity contribution in [3.05, 3.63) is 93.8 Å². The maximum atomic E-state index is 13.7. The molecule has 0 saturated carbocycles. The molecule has 0 aliphatic carbocycles. The summed E-state index contributed by atoms with van der Waals surface area (Å²) >= 11 is 7.41. The van der Waals surface area contributed by atoms with E-state index in [2.05, 4.69) is 19.5 Å². The number of aromatic nitrogens is 4. The van der Waals surface area contributed by atoms with E-state index >= 15 is 0 Å². The number of benzene rings is 2. The number of hydrogen-bond acceptors (Lipinski definition) is 6. The van der Waals surface area contributed by atoms with Crippen LogP contribution in [-0.4, -0.2) is 32.4 Å². The fraction of sp³-hybridized carbons (Fsp3) is 0.120. The summed E-state index contributed by atoms with van der Waals surface area (Å²) in [6.45, 7) is 2.57. The van der Waals surface area contributed by atoms with Gasteiger partial charge in [0.25, 0.3) is 0 Å². The number of carbonyl (C=O) groups excluding carboxylic acids is 1. The molecule has 6 nitrogen and oxygen atoms in total. The van der Waals surface area contributed by atoms with Gasteiger partial charge in [-0.05, 0) is 48.9 Å². The number of nitrogens with zero attached hydrogens (tertiary/aromatic N) is 4. The second-order valence-electron chi connectivity index (χ2n) is 7.50. The molecule has 5 aromatic rings. The summed E-state index contributed by atoms with van der Waals surface area (Å²) in [5.74, 6) is 1.06. The summed E-state index contributed by atoms with van der Waals surface area (Å²) in [4.78, 5) is 26.7. The van der Waals surface area contributed by atoms with Gasteiger partial charge >= 0.3 is 0 Å². The van der Waals surface area contributed by atoms with Gasteiger partial charge in [-0.3, -0.25) is 4.79 Å². The van der Waals surface area contributed by atoms with Crippen LogP contribution < -0.4 is 4.74 Å². The summed E-state index contributed by atoms with van der Waals surface area (Å²) in [7, 11) is 1.62. The number of methoxy groups -OCH3 is 1. The van der Waals surface area contributed by atoms with Gasteiger partial charge < -0.3 is 9.30 Å². The second-order valence-corrected chi connectivity index (χ2v) is 8.79. The summed E-state index contributed by atoms with van der Waals surface area (Å²) in [5, 5.41) is 3.89. The van der Waals surface area contributed by atoms with Crippen molar-refractivity contribution >= 4 is 39.6 Å². The lowest BCUT2D eigenvalue weighted by molar-refractivity contribution is 0.103. The Labute approximate surface area is 199 Å². The monoisotopic (exact) mass is 474 g/mol. The van der Waals surface area contributed by atoms with Crippen molar-refractivity contribution in [2.75, 3.05) is 7.11 Å². The van der Waals surface area contributed by atoms with Crippen molar-refractivity contribution in [1.82, 2.24) is 19.5 Å². The molecular weight excluding hydrogens is 456 g/mol. The third-order valence-corrected chi connectivity index (χ3v) is 6.60. The van der Waals surface area contributed by atoms with Crippen molar-refractivity contribution in [3.63, 3.8) is 0 Å². The number of hydrogen-bond donors (Lipinski definition) is 0. The lowest BCUT2D eigenvalue weighted by Gasteiger charge is -2.09. The van der Waals surface area contributed by atoms with Crippen LogP contribution >= 0.6 is 22.9 Å². The first kappa shape index (κ1) is 21.3. The van der Waals surface area contributed by atoms with Gasteiger partial charge in [-0.2, -0.15) is 0 Å². The van der Waals surface area contributed by atoms with Crippen LogP contribution in [0, 0.1) is 6.92 Å². The fourth-order valence-corrected chi connectivity index (χ4v) is 4.74. The minimum absolute atomic E-state index is 0.140. The molecule has 0 N–H and O–H groups in total. The number of ether oxygens (including phenoxy) is 1. The molecule has 2 aromatic carbocycles. The van der Waals surface area contributed by atoms with Crippen LogP contribution in [0.5, 0.6) is 5.75 Å². The summed E-state index contributed by atoms with van der Waals surface area (Å²) in [6, 6.07) is 15.3. The van der Waals surface area contributed by atoms with E-state index in [1.54, 1.807) is 30.9 Å².